The van der Waals surface area contributed by atoms with E-state index in [9.17, 15) is 0 Å². The van der Waals surface area contributed by atoms with Crippen LogP contribution in [0.5, 0.6) is 11.5 Å². The molecule has 4 nitrogen and oxygen atoms in total. The van der Waals surface area contributed by atoms with Gasteiger partial charge in [-0.2, -0.15) is 0 Å². The Morgan fingerprint density at radius 2 is 1.09 bits per heavy atom. The van der Waals surface area contributed by atoms with Gasteiger partial charge >= 0.3 is 0 Å². The number of aliphatic imine (C=N–C) groups is 1. The van der Waals surface area contributed by atoms with E-state index in [-0.39, 0.29) is 28.4 Å². The highest BCUT2D eigenvalue weighted by atomic mass is 16.5. The van der Waals surface area contributed by atoms with E-state index in [1.807, 2.05) is 0 Å². The standard InChI is InChI=1S/C30H37BN2O2/c1-27(2)14-29(5,6)18-12-22-20(10-16(18)27)31-21-11-17-19(30(7,8)15-28(17,3)4)13-23(21)35-26(33-9)24(31)25(32)34-22/h10-13H,14-15,32H2,1-9H3. The van der Waals surface area contributed by atoms with Gasteiger partial charge in [0.2, 0.25) is 5.90 Å². The molecule has 0 bridgehead atoms. The van der Waals surface area contributed by atoms with E-state index in [1.165, 1.54) is 33.2 Å². The highest BCUT2D eigenvalue weighted by Crippen LogP contribution is 2.52. The first-order valence-electron chi connectivity index (χ1n) is 12.9. The van der Waals surface area contributed by atoms with Gasteiger partial charge in [0.25, 0.3) is 6.71 Å². The molecule has 0 unspecified atom stereocenters. The molecule has 0 saturated heterocycles. The number of rotatable bonds is 0. The molecule has 2 aliphatic carbocycles. The van der Waals surface area contributed by atoms with Crippen LogP contribution in [-0.4, -0.2) is 19.7 Å². The summed E-state index contributed by atoms with van der Waals surface area (Å²) in [5.41, 5.74) is 15.7. The van der Waals surface area contributed by atoms with Crippen LogP contribution in [0.3, 0.4) is 0 Å². The summed E-state index contributed by atoms with van der Waals surface area (Å²) in [5.74, 6) is 2.71. The Kier molecular flexibility index (Phi) is 4.26. The molecule has 0 spiro atoms. The van der Waals surface area contributed by atoms with Crippen molar-refractivity contribution in [3.63, 3.8) is 0 Å². The summed E-state index contributed by atoms with van der Waals surface area (Å²) in [6.07, 6.45) is 2.22. The summed E-state index contributed by atoms with van der Waals surface area (Å²) in [6.45, 7) is 18.7. The zero-order chi connectivity index (χ0) is 25.3. The predicted octanol–water partition coefficient (Wildman–Crippen LogP) is 4.74. The third kappa shape index (κ3) is 2.96. The molecule has 4 aliphatic rings. The highest BCUT2D eigenvalue weighted by Gasteiger charge is 2.49. The second kappa shape index (κ2) is 6.54. The van der Waals surface area contributed by atoms with E-state index in [4.69, 9.17) is 15.2 Å². The number of hydrogen-bond acceptors (Lipinski definition) is 4. The van der Waals surface area contributed by atoms with Crippen LogP contribution in [0.25, 0.3) is 0 Å². The molecule has 2 aromatic rings. The van der Waals surface area contributed by atoms with Crippen LogP contribution in [-0.2, 0) is 21.7 Å². The summed E-state index contributed by atoms with van der Waals surface area (Å²) in [4.78, 5) is 4.51. The van der Waals surface area contributed by atoms with Crippen molar-refractivity contribution >= 4 is 23.5 Å². The average molecular weight is 468 g/mol. The Labute approximate surface area is 210 Å². The van der Waals surface area contributed by atoms with Crippen LogP contribution in [0.2, 0.25) is 0 Å². The Balaban J connectivity index is 1.65. The van der Waals surface area contributed by atoms with E-state index in [2.05, 4.69) is 84.6 Å². The quantitative estimate of drug-likeness (QED) is 0.569. The Morgan fingerprint density at radius 3 is 1.51 bits per heavy atom. The zero-order valence-electron chi connectivity index (χ0n) is 22.6. The van der Waals surface area contributed by atoms with Crippen LogP contribution >= 0.6 is 0 Å². The van der Waals surface area contributed by atoms with E-state index in [0.29, 0.717) is 11.8 Å². The van der Waals surface area contributed by atoms with Gasteiger partial charge in [-0.15, -0.1) is 0 Å². The summed E-state index contributed by atoms with van der Waals surface area (Å²) in [7, 11) is 1.77. The van der Waals surface area contributed by atoms with Crippen molar-refractivity contribution in [2.75, 3.05) is 7.05 Å². The lowest BCUT2D eigenvalue weighted by Gasteiger charge is -2.35. The summed E-state index contributed by atoms with van der Waals surface area (Å²) < 4.78 is 12.7. The van der Waals surface area contributed by atoms with Crippen molar-refractivity contribution in [3.05, 3.63) is 57.9 Å². The fourth-order valence-electron chi connectivity index (χ4n) is 8.00. The molecule has 2 aromatic carbocycles. The molecule has 0 aromatic heterocycles. The lowest BCUT2D eigenvalue weighted by atomic mass is 9.34. The molecule has 182 valence electrons. The van der Waals surface area contributed by atoms with Crippen molar-refractivity contribution in [1.29, 1.82) is 0 Å². The summed E-state index contributed by atoms with van der Waals surface area (Å²) in [6, 6.07) is 9.30. The molecule has 0 amide bonds. The second-order valence-corrected chi connectivity index (χ2v) is 13.7. The van der Waals surface area contributed by atoms with Gasteiger partial charge in [-0.25, -0.2) is 0 Å². The number of hydrogen-bond donors (Lipinski definition) is 1. The van der Waals surface area contributed by atoms with Crippen molar-refractivity contribution in [2.45, 2.75) is 89.9 Å². The zero-order valence-corrected chi connectivity index (χ0v) is 22.6. The fourth-order valence-corrected chi connectivity index (χ4v) is 8.00. The van der Waals surface area contributed by atoms with E-state index in [1.54, 1.807) is 7.05 Å². The molecule has 2 N–H and O–H groups in total. The van der Waals surface area contributed by atoms with Crippen LogP contribution < -0.4 is 26.1 Å². The minimum absolute atomic E-state index is 0.0594. The highest BCUT2D eigenvalue weighted by molar-refractivity contribution is 6.96. The van der Waals surface area contributed by atoms with Gasteiger partial charge in [0, 0.05) is 7.05 Å². The molecule has 0 atom stereocenters. The molecule has 35 heavy (non-hydrogen) atoms. The third-order valence-corrected chi connectivity index (χ3v) is 9.02. The first kappa shape index (κ1) is 22.8. The first-order valence-corrected chi connectivity index (χ1v) is 12.9. The summed E-state index contributed by atoms with van der Waals surface area (Å²) >= 11 is 0. The minimum atomic E-state index is -0.0594. The Hall–Kier alpha value is -2.69. The maximum absolute atomic E-state index is 6.60. The maximum atomic E-state index is 6.60. The van der Waals surface area contributed by atoms with Crippen LogP contribution in [0.15, 0.2) is 40.6 Å². The molecule has 2 aliphatic heterocycles. The fraction of sp³-hybridized carbons (Fsp3) is 0.500. The maximum Gasteiger partial charge on any atom is 0.265 e. The van der Waals surface area contributed by atoms with Crippen LogP contribution in [0.1, 0.15) is 90.5 Å². The third-order valence-electron chi connectivity index (χ3n) is 9.02. The van der Waals surface area contributed by atoms with Gasteiger partial charge in [-0.05, 0) is 79.8 Å². The lowest BCUT2D eigenvalue weighted by Crippen LogP contribution is -2.55. The second-order valence-electron chi connectivity index (χ2n) is 13.7. The molecule has 0 radical (unpaired) electrons. The number of nitrogens with two attached hydrogens (primary N) is 1. The number of ether oxygens (including phenoxy) is 2. The largest absolute Gasteiger partial charge is 0.443 e. The van der Waals surface area contributed by atoms with Crippen LogP contribution in [0, 0.1) is 0 Å². The predicted molar refractivity (Wildman–Crippen MR) is 145 cm³/mol. The van der Waals surface area contributed by atoms with E-state index < -0.39 is 0 Å². The van der Waals surface area contributed by atoms with Gasteiger partial charge in [-0.1, -0.05) is 67.5 Å². The normalized spacial score (nSPS) is 24.7. The minimum Gasteiger partial charge on any atom is -0.443 e. The van der Waals surface area contributed by atoms with Crippen LogP contribution in [0.4, 0.5) is 0 Å². The van der Waals surface area contributed by atoms with E-state index >= 15 is 0 Å². The number of nitrogens with zero attached hydrogens (tertiary/aromatic N) is 1. The Morgan fingerprint density at radius 1 is 0.686 bits per heavy atom. The SMILES string of the molecule is CN=C1Oc2cc3c(cc2B2C1=C(N)Oc1cc4c(cc12)C(C)(C)CC4(C)C)C(C)(C)CC3(C)C. The molecule has 0 saturated carbocycles. The van der Waals surface area contributed by atoms with E-state index in [0.717, 1.165) is 29.8 Å². The average Bonchev–Trinajstić information content (AvgIpc) is 3.04. The smallest absolute Gasteiger partial charge is 0.265 e. The molecule has 2 heterocycles. The number of benzene rings is 2. The van der Waals surface area contributed by atoms with Crippen molar-refractivity contribution in [3.8, 4) is 11.5 Å². The van der Waals surface area contributed by atoms with Crippen molar-refractivity contribution < 1.29 is 9.47 Å². The Bertz CT molecular complexity index is 1380. The molecule has 6 rings (SSSR count). The van der Waals surface area contributed by atoms with Gasteiger partial charge in [0.05, 0.1) is 5.47 Å². The van der Waals surface area contributed by atoms with Crippen molar-refractivity contribution in [2.24, 2.45) is 10.7 Å². The van der Waals surface area contributed by atoms with Gasteiger partial charge in [-0.3, -0.25) is 4.99 Å². The number of fused-ring (bicyclic) bond motifs is 7. The molecular formula is C30H37BN2O2. The molecule has 0 fully saturated rings. The summed E-state index contributed by atoms with van der Waals surface area (Å²) in [5, 5.41) is 0. The van der Waals surface area contributed by atoms with Gasteiger partial charge in [0.1, 0.15) is 11.5 Å². The monoisotopic (exact) mass is 468 g/mol. The molecular weight excluding hydrogens is 431 g/mol. The van der Waals surface area contributed by atoms with Gasteiger partial charge in [0.15, 0.2) is 5.88 Å². The van der Waals surface area contributed by atoms with Crippen molar-refractivity contribution in [1.82, 2.24) is 0 Å². The van der Waals surface area contributed by atoms with Gasteiger partial charge < -0.3 is 15.2 Å². The lowest BCUT2D eigenvalue weighted by molar-refractivity contribution is 0.400. The topological polar surface area (TPSA) is 56.8 Å². The first-order chi connectivity index (χ1) is 16.2. The molecule has 5 heteroatoms.